The van der Waals surface area contributed by atoms with Gasteiger partial charge >= 0.3 is 18.1 Å². The summed E-state index contributed by atoms with van der Waals surface area (Å²) in [7, 11) is 0.881. The van der Waals surface area contributed by atoms with Crippen LogP contribution in [0, 0.1) is 22.7 Å². The summed E-state index contributed by atoms with van der Waals surface area (Å²) in [6, 6.07) is 12.4. The predicted octanol–water partition coefficient (Wildman–Crippen LogP) is 2.40. The zero-order valence-corrected chi connectivity index (χ0v) is 24.5. The van der Waals surface area contributed by atoms with E-state index < -0.39 is 47.5 Å². The number of nitrogens with one attached hydrogen (secondary N) is 4. The van der Waals surface area contributed by atoms with Crippen molar-refractivity contribution in [1.29, 1.82) is 10.8 Å². The van der Waals surface area contributed by atoms with E-state index in [1.165, 1.54) is 24.3 Å². The van der Waals surface area contributed by atoms with Gasteiger partial charge in [0, 0.05) is 23.6 Å². The first-order valence-electron chi connectivity index (χ1n) is 14.0. The van der Waals surface area contributed by atoms with Crippen molar-refractivity contribution in [2.24, 2.45) is 23.3 Å². The first-order valence-corrected chi connectivity index (χ1v) is 14.0. The molecule has 0 bridgehead atoms. The first kappa shape index (κ1) is 34.5. The number of esters is 2. The normalized spacial score (nSPS) is 15.6. The molecule has 2 aromatic rings. The number of alkyl halides is 3. The van der Waals surface area contributed by atoms with Crippen molar-refractivity contribution in [3.63, 3.8) is 0 Å². The van der Waals surface area contributed by atoms with Crippen LogP contribution in [0.4, 0.5) is 13.2 Å². The van der Waals surface area contributed by atoms with Crippen LogP contribution in [0.3, 0.4) is 0 Å². The van der Waals surface area contributed by atoms with E-state index in [1.807, 2.05) is 0 Å². The summed E-state index contributed by atoms with van der Waals surface area (Å²) in [6.07, 6.45) is -3.82. The molecule has 0 aliphatic heterocycles. The maximum atomic E-state index is 13.9. The number of hydrogen-bond acceptors (Lipinski definition) is 8. The van der Waals surface area contributed by atoms with E-state index in [-0.39, 0.29) is 37.5 Å². The van der Waals surface area contributed by atoms with Gasteiger partial charge in [-0.1, -0.05) is 67.8 Å². The monoisotopic (exact) mass is 632 g/mol. The third kappa shape index (κ3) is 8.80. The molecule has 2 atom stereocenters. The lowest BCUT2D eigenvalue weighted by Crippen LogP contribution is -2.65. The summed E-state index contributed by atoms with van der Waals surface area (Å²) >= 11 is 0. The number of rotatable bonds is 12. The van der Waals surface area contributed by atoms with Crippen LogP contribution in [0.2, 0.25) is 0 Å². The highest BCUT2D eigenvalue weighted by atomic mass is 19.4. The summed E-state index contributed by atoms with van der Waals surface area (Å²) in [6.45, 7) is -0.0715. The number of amidine groups is 2. The zero-order valence-electron chi connectivity index (χ0n) is 24.5. The lowest BCUT2D eigenvalue weighted by Gasteiger charge is -2.40. The molecular formula is C30H35F3N6O6. The summed E-state index contributed by atoms with van der Waals surface area (Å²) in [5.41, 5.74) is 9.97. The summed E-state index contributed by atoms with van der Waals surface area (Å²) in [5.74, 6) is -9.20. The maximum Gasteiger partial charge on any atom is 0.491 e. The number of hydrogen-bond donors (Lipinski definition) is 6. The molecule has 242 valence electrons. The number of ether oxygens (including phenoxy) is 2. The van der Waals surface area contributed by atoms with Crippen molar-refractivity contribution in [2.45, 2.75) is 57.0 Å². The van der Waals surface area contributed by atoms with Gasteiger partial charge in [0.1, 0.15) is 17.6 Å². The Morgan fingerprint density at radius 3 is 1.82 bits per heavy atom. The minimum absolute atomic E-state index is 0.0715. The van der Waals surface area contributed by atoms with Gasteiger partial charge in [-0.15, -0.1) is 0 Å². The number of amides is 2. The molecule has 0 saturated heterocycles. The van der Waals surface area contributed by atoms with Gasteiger partial charge in [0.05, 0.1) is 7.11 Å². The minimum Gasteiger partial charge on any atom is -0.465 e. The molecule has 1 aliphatic carbocycles. The number of halogens is 3. The molecule has 1 saturated carbocycles. The smallest absolute Gasteiger partial charge is 0.465 e. The van der Waals surface area contributed by atoms with Gasteiger partial charge in [-0.05, 0) is 30.4 Å². The highest BCUT2D eigenvalue weighted by Crippen LogP contribution is 2.36. The molecule has 0 aromatic heterocycles. The Kier molecular flexibility index (Phi) is 11.3. The second-order valence-corrected chi connectivity index (χ2v) is 10.6. The van der Waals surface area contributed by atoms with Crippen molar-refractivity contribution in [3.8, 4) is 0 Å². The fourth-order valence-corrected chi connectivity index (χ4v) is 5.08. The Morgan fingerprint density at radius 1 is 0.844 bits per heavy atom. The van der Waals surface area contributed by atoms with Crippen molar-refractivity contribution >= 4 is 35.4 Å². The summed E-state index contributed by atoms with van der Waals surface area (Å²) < 4.78 is 49.7. The second kappa shape index (κ2) is 14.7. The van der Waals surface area contributed by atoms with Crippen LogP contribution in [0.1, 0.15) is 54.4 Å². The quantitative estimate of drug-likeness (QED) is 0.0671. The second-order valence-electron chi connectivity index (χ2n) is 10.6. The van der Waals surface area contributed by atoms with E-state index in [0.717, 1.165) is 7.11 Å². The van der Waals surface area contributed by atoms with E-state index in [2.05, 4.69) is 10.6 Å². The average Bonchev–Trinajstić information content (AvgIpc) is 3.01. The minimum atomic E-state index is -5.49. The Labute approximate surface area is 257 Å². The van der Waals surface area contributed by atoms with E-state index in [9.17, 15) is 32.3 Å². The van der Waals surface area contributed by atoms with E-state index in [4.69, 9.17) is 31.8 Å². The number of benzene rings is 2. The molecule has 0 spiro atoms. The predicted molar refractivity (Wildman–Crippen MR) is 156 cm³/mol. The van der Waals surface area contributed by atoms with Gasteiger partial charge in [0.15, 0.2) is 0 Å². The molecular weight excluding hydrogens is 597 g/mol. The molecule has 45 heavy (non-hydrogen) atoms. The molecule has 0 heterocycles. The average molecular weight is 633 g/mol. The number of carbonyl (C=O) groups excluding carboxylic acids is 4. The molecule has 2 aromatic carbocycles. The van der Waals surface area contributed by atoms with Crippen molar-refractivity contribution < 1.29 is 41.8 Å². The number of nitrogens with two attached hydrogens (primary N) is 2. The molecule has 0 radical (unpaired) electrons. The van der Waals surface area contributed by atoms with Crippen LogP contribution in [-0.2, 0) is 41.6 Å². The van der Waals surface area contributed by atoms with E-state index >= 15 is 0 Å². The lowest BCUT2D eigenvalue weighted by molar-refractivity contribution is -0.229. The Hall–Kier alpha value is -4.95. The largest absolute Gasteiger partial charge is 0.491 e. The number of methoxy groups -OCH3 is 1. The Bertz CT molecular complexity index is 1430. The maximum absolute atomic E-state index is 13.9. The molecule has 2 unspecified atom stereocenters. The van der Waals surface area contributed by atoms with E-state index in [0.29, 0.717) is 41.5 Å². The Morgan fingerprint density at radius 2 is 1.36 bits per heavy atom. The topological polar surface area (TPSA) is 211 Å². The standard InChI is InChI=1S/C30H35F3N6O6/c1-44-27(42)29(21-5-3-2-4-6-21,45-28(43)30(31,32)33)39-26(41)22(15-17-7-11-19(12-8-17)23(34)35)25(40)38-16-18-9-13-20(14-10-18)24(36)37/h7-14,21-22H,2-6,15-16H2,1H3,(H3,34,35)(H3,36,37)(H,38,40)(H,39,41). The molecule has 2 amide bonds. The molecule has 12 nitrogen and oxygen atoms in total. The molecule has 15 heteroatoms. The fraction of sp³-hybridized carbons (Fsp3) is 0.400. The first-order chi connectivity index (χ1) is 21.2. The SMILES string of the molecule is COC(=O)C(NC(=O)C(Cc1ccc(C(=N)N)cc1)C(=O)NCc1ccc(C(=N)N)cc1)(OC(=O)C(F)(F)F)C1CCCCC1. The van der Waals surface area contributed by atoms with Crippen molar-refractivity contribution in [1.82, 2.24) is 10.6 Å². The van der Waals surface area contributed by atoms with Crippen LogP contribution in [0.25, 0.3) is 0 Å². The fourth-order valence-electron chi connectivity index (χ4n) is 5.08. The van der Waals surface area contributed by atoms with Crippen LogP contribution < -0.4 is 22.1 Å². The molecule has 3 rings (SSSR count). The number of carbonyl (C=O) groups is 4. The zero-order chi connectivity index (χ0) is 33.4. The van der Waals surface area contributed by atoms with Gasteiger partial charge in [-0.3, -0.25) is 20.4 Å². The number of nitrogen functional groups attached to an aromatic ring is 2. The lowest BCUT2D eigenvalue weighted by atomic mass is 9.80. The van der Waals surface area contributed by atoms with Gasteiger partial charge < -0.3 is 31.6 Å². The molecule has 8 N–H and O–H groups in total. The van der Waals surface area contributed by atoms with Gasteiger partial charge in [0.25, 0.3) is 5.72 Å². The van der Waals surface area contributed by atoms with Crippen molar-refractivity contribution in [2.75, 3.05) is 7.11 Å². The van der Waals surface area contributed by atoms with Gasteiger partial charge in [0.2, 0.25) is 11.8 Å². The van der Waals surface area contributed by atoms with E-state index in [1.54, 1.807) is 24.3 Å². The van der Waals surface area contributed by atoms with Crippen LogP contribution in [0.5, 0.6) is 0 Å². The summed E-state index contributed by atoms with van der Waals surface area (Å²) in [4.78, 5) is 52.6. The van der Waals surface area contributed by atoms with Gasteiger partial charge in [-0.2, -0.15) is 13.2 Å². The Balaban J connectivity index is 1.98. The molecule has 1 aliphatic rings. The highest BCUT2D eigenvalue weighted by molar-refractivity contribution is 6.02. The third-order valence-electron chi connectivity index (χ3n) is 7.53. The molecule has 1 fully saturated rings. The third-order valence-corrected chi connectivity index (χ3v) is 7.53. The van der Waals surface area contributed by atoms with Crippen LogP contribution in [-0.4, -0.2) is 54.4 Å². The summed E-state index contributed by atoms with van der Waals surface area (Å²) in [5, 5.41) is 19.9. The van der Waals surface area contributed by atoms with Crippen LogP contribution >= 0.6 is 0 Å². The van der Waals surface area contributed by atoms with Crippen LogP contribution in [0.15, 0.2) is 48.5 Å². The van der Waals surface area contributed by atoms with Crippen molar-refractivity contribution in [3.05, 3.63) is 70.8 Å². The highest BCUT2D eigenvalue weighted by Gasteiger charge is 2.57. The van der Waals surface area contributed by atoms with Gasteiger partial charge in [-0.25, -0.2) is 9.59 Å².